The Hall–Kier alpha value is -1.84. The maximum absolute atomic E-state index is 6.45. The fraction of sp³-hybridized carbons (Fsp3) is 0.500. The first-order chi connectivity index (χ1) is 16.9. The van der Waals surface area contributed by atoms with E-state index in [9.17, 15) is 0 Å². The zero-order chi connectivity index (χ0) is 24.7. The van der Waals surface area contributed by atoms with Crippen molar-refractivity contribution < 1.29 is 28.4 Å². The lowest BCUT2D eigenvalue weighted by molar-refractivity contribution is -0.370. The second-order valence-electron chi connectivity index (χ2n) is 10.2. The SMILES string of the molecule is C=CCO[C@@H]1[C@@H](OCc2ccccc2)[C@H](OCC[Si](C)(C)C)O[C@@H]2COC(c3ccccc3)O[C@@H]12. The molecule has 7 heteroatoms. The molecule has 0 aliphatic carbocycles. The number of hydrogen-bond donors (Lipinski definition) is 0. The van der Waals surface area contributed by atoms with E-state index >= 15 is 0 Å². The minimum Gasteiger partial charge on any atom is -0.368 e. The Kier molecular flexibility index (Phi) is 9.30. The van der Waals surface area contributed by atoms with Crippen LogP contribution in [0.5, 0.6) is 0 Å². The minimum atomic E-state index is -1.27. The molecule has 190 valence electrons. The van der Waals surface area contributed by atoms with Gasteiger partial charge in [-0.15, -0.1) is 6.58 Å². The molecule has 2 aromatic rings. The third kappa shape index (κ3) is 7.33. The lowest BCUT2D eigenvalue weighted by Crippen LogP contribution is -2.63. The third-order valence-corrected chi connectivity index (χ3v) is 7.89. The van der Waals surface area contributed by atoms with E-state index < -0.39 is 32.9 Å². The van der Waals surface area contributed by atoms with Crippen LogP contribution in [0.15, 0.2) is 73.3 Å². The summed E-state index contributed by atoms with van der Waals surface area (Å²) in [5.41, 5.74) is 2.04. The molecule has 2 aliphatic heterocycles. The van der Waals surface area contributed by atoms with Crippen LogP contribution in [0, 0.1) is 0 Å². The van der Waals surface area contributed by atoms with E-state index in [-0.39, 0.29) is 12.2 Å². The summed E-state index contributed by atoms with van der Waals surface area (Å²) in [6.07, 6.45) is -0.880. The van der Waals surface area contributed by atoms with Gasteiger partial charge < -0.3 is 28.4 Å². The Balaban J connectivity index is 1.55. The molecule has 2 saturated heterocycles. The number of fused-ring (bicyclic) bond motifs is 1. The Bertz CT molecular complexity index is 903. The van der Waals surface area contributed by atoms with Crippen molar-refractivity contribution in [2.75, 3.05) is 19.8 Å². The van der Waals surface area contributed by atoms with Crippen molar-refractivity contribution in [3.05, 3.63) is 84.4 Å². The van der Waals surface area contributed by atoms with E-state index in [1.807, 2.05) is 60.7 Å². The number of ether oxygens (including phenoxy) is 6. The topological polar surface area (TPSA) is 55.4 Å². The van der Waals surface area contributed by atoms with Crippen LogP contribution in [0.2, 0.25) is 25.7 Å². The standard InChI is InChI=1S/C28H38O6Si/c1-5-16-29-25-24-23(20-32-27(34-24)22-14-10-7-11-15-22)33-28(30-17-18-35(2,3)4)26(25)31-19-21-12-8-6-9-13-21/h5-15,23-28H,1,16-20H2,2-4H3/t23-,24-,25+,26-,27?,28-/m1/s1. The van der Waals surface area contributed by atoms with Crippen molar-refractivity contribution in [1.29, 1.82) is 0 Å². The van der Waals surface area contributed by atoms with Gasteiger partial charge in [-0.05, 0) is 11.6 Å². The third-order valence-electron chi connectivity index (χ3n) is 6.18. The first-order valence-electron chi connectivity index (χ1n) is 12.4. The van der Waals surface area contributed by atoms with Gasteiger partial charge in [-0.2, -0.15) is 0 Å². The molecule has 0 saturated carbocycles. The molecule has 2 heterocycles. The van der Waals surface area contributed by atoms with Crippen LogP contribution in [-0.4, -0.2) is 58.6 Å². The molecule has 1 unspecified atom stereocenters. The normalized spacial score (nSPS) is 28.9. The second-order valence-corrected chi connectivity index (χ2v) is 15.9. The van der Waals surface area contributed by atoms with Gasteiger partial charge in [0.25, 0.3) is 0 Å². The average molecular weight is 499 g/mol. The van der Waals surface area contributed by atoms with Crippen molar-refractivity contribution in [2.45, 2.75) is 69.3 Å². The first kappa shape index (κ1) is 26.2. The van der Waals surface area contributed by atoms with E-state index in [0.29, 0.717) is 26.4 Å². The predicted octanol–water partition coefficient (Wildman–Crippen LogP) is 5.34. The zero-order valence-corrected chi connectivity index (χ0v) is 22.0. The molecule has 2 fully saturated rings. The molecule has 0 spiro atoms. The van der Waals surface area contributed by atoms with Crippen molar-refractivity contribution in [3.8, 4) is 0 Å². The molecule has 6 atom stereocenters. The minimum absolute atomic E-state index is 0.321. The van der Waals surface area contributed by atoms with Gasteiger partial charge in [0.1, 0.15) is 24.4 Å². The highest BCUT2D eigenvalue weighted by molar-refractivity contribution is 6.76. The fourth-order valence-electron chi connectivity index (χ4n) is 4.25. The highest BCUT2D eigenvalue weighted by atomic mass is 28.3. The number of rotatable bonds is 11. The summed E-state index contributed by atoms with van der Waals surface area (Å²) in [6.45, 7) is 12.6. The summed E-state index contributed by atoms with van der Waals surface area (Å²) >= 11 is 0. The molecule has 0 aromatic heterocycles. The van der Waals surface area contributed by atoms with Gasteiger partial charge in [-0.1, -0.05) is 86.4 Å². The lowest BCUT2D eigenvalue weighted by atomic mass is 9.97. The van der Waals surface area contributed by atoms with Crippen LogP contribution >= 0.6 is 0 Å². The molecular formula is C28H38O6Si. The lowest BCUT2D eigenvalue weighted by Gasteiger charge is -2.49. The molecular weight excluding hydrogens is 460 g/mol. The Labute approximate surface area is 210 Å². The van der Waals surface area contributed by atoms with Gasteiger partial charge in [0.15, 0.2) is 12.6 Å². The summed E-state index contributed by atoms with van der Waals surface area (Å²) in [5.74, 6) is 0. The molecule has 4 rings (SSSR count). The van der Waals surface area contributed by atoms with Crippen molar-refractivity contribution in [1.82, 2.24) is 0 Å². The number of hydrogen-bond acceptors (Lipinski definition) is 6. The van der Waals surface area contributed by atoms with Gasteiger partial charge in [-0.25, -0.2) is 0 Å². The quantitative estimate of drug-likeness (QED) is 0.308. The van der Waals surface area contributed by atoms with Gasteiger partial charge in [0.2, 0.25) is 0 Å². The van der Waals surface area contributed by atoms with E-state index in [2.05, 4.69) is 26.2 Å². The summed E-state index contributed by atoms with van der Waals surface area (Å²) in [4.78, 5) is 0. The zero-order valence-electron chi connectivity index (χ0n) is 21.0. The molecule has 2 aromatic carbocycles. The highest BCUT2D eigenvalue weighted by Gasteiger charge is 2.51. The summed E-state index contributed by atoms with van der Waals surface area (Å²) in [6, 6.07) is 21.1. The summed E-state index contributed by atoms with van der Waals surface area (Å²) in [7, 11) is -1.27. The van der Waals surface area contributed by atoms with Gasteiger partial charge >= 0.3 is 0 Å². The molecule has 2 aliphatic rings. The van der Waals surface area contributed by atoms with Crippen LogP contribution in [0.4, 0.5) is 0 Å². The molecule has 35 heavy (non-hydrogen) atoms. The summed E-state index contributed by atoms with van der Waals surface area (Å²) < 4.78 is 37.9. The maximum Gasteiger partial charge on any atom is 0.186 e. The Morgan fingerprint density at radius 2 is 1.63 bits per heavy atom. The van der Waals surface area contributed by atoms with Crippen LogP contribution in [-0.2, 0) is 35.0 Å². The first-order valence-corrected chi connectivity index (χ1v) is 16.1. The highest BCUT2D eigenvalue weighted by Crippen LogP contribution is 2.37. The molecule has 6 nitrogen and oxygen atoms in total. The largest absolute Gasteiger partial charge is 0.368 e. The predicted molar refractivity (Wildman–Crippen MR) is 138 cm³/mol. The van der Waals surface area contributed by atoms with E-state index in [1.165, 1.54) is 0 Å². The monoisotopic (exact) mass is 498 g/mol. The molecule has 0 N–H and O–H groups in total. The van der Waals surface area contributed by atoms with Crippen LogP contribution in [0.25, 0.3) is 0 Å². The molecule has 0 radical (unpaired) electrons. The Morgan fingerprint density at radius 1 is 0.914 bits per heavy atom. The molecule has 0 amide bonds. The van der Waals surface area contributed by atoms with Crippen LogP contribution in [0.3, 0.4) is 0 Å². The fourth-order valence-corrected chi connectivity index (χ4v) is 4.98. The summed E-state index contributed by atoms with van der Waals surface area (Å²) in [5, 5.41) is 0. The van der Waals surface area contributed by atoms with Gasteiger partial charge in [-0.3, -0.25) is 0 Å². The van der Waals surface area contributed by atoms with Gasteiger partial charge in [0, 0.05) is 20.2 Å². The van der Waals surface area contributed by atoms with E-state index in [1.54, 1.807) is 6.08 Å². The van der Waals surface area contributed by atoms with E-state index in [4.69, 9.17) is 28.4 Å². The van der Waals surface area contributed by atoms with E-state index in [0.717, 1.165) is 17.2 Å². The smallest absolute Gasteiger partial charge is 0.186 e. The van der Waals surface area contributed by atoms with Crippen molar-refractivity contribution in [3.63, 3.8) is 0 Å². The number of benzene rings is 2. The van der Waals surface area contributed by atoms with Crippen molar-refractivity contribution in [2.24, 2.45) is 0 Å². The van der Waals surface area contributed by atoms with Crippen LogP contribution in [0.1, 0.15) is 17.4 Å². The Morgan fingerprint density at radius 3 is 2.31 bits per heavy atom. The second kappa shape index (κ2) is 12.4. The molecule has 0 bridgehead atoms. The van der Waals surface area contributed by atoms with Crippen LogP contribution < -0.4 is 0 Å². The average Bonchev–Trinajstić information content (AvgIpc) is 2.86. The van der Waals surface area contributed by atoms with Crippen molar-refractivity contribution >= 4 is 8.07 Å². The van der Waals surface area contributed by atoms with Gasteiger partial charge in [0.05, 0.1) is 19.8 Å². The maximum atomic E-state index is 6.45.